The molecule has 2 aromatic carbocycles. The Balaban J connectivity index is 2.21. The molecule has 0 radical (unpaired) electrons. The fourth-order valence-electron chi connectivity index (χ4n) is 2.66. The zero-order valence-electron chi connectivity index (χ0n) is 17.1. The number of ether oxygens (including phenoxy) is 1. The molecule has 2 amide bonds. The van der Waals surface area contributed by atoms with Crippen LogP contribution >= 0.6 is 34.8 Å². The minimum atomic E-state index is -0.743. The van der Waals surface area contributed by atoms with E-state index in [1.807, 2.05) is 13.8 Å². The van der Waals surface area contributed by atoms with Gasteiger partial charge in [0.1, 0.15) is 11.8 Å². The van der Waals surface area contributed by atoms with Gasteiger partial charge in [-0.2, -0.15) is 0 Å². The first-order chi connectivity index (χ1) is 14.2. The topological polar surface area (TPSA) is 58.6 Å². The van der Waals surface area contributed by atoms with E-state index >= 15 is 0 Å². The van der Waals surface area contributed by atoms with E-state index in [4.69, 9.17) is 39.5 Å². The third-order valence-corrected chi connectivity index (χ3v) is 5.69. The lowest BCUT2D eigenvalue weighted by atomic mass is 10.1. The Hall–Kier alpha value is -1.95. The standard InChI is InChI=1S/C22H25Cl3N2O3/c1-4-14(2)26-22(29)15(3)27(12-18-19(24)6-5-7-20(18)25)21(28)13-30-17-10-8-16(23)9-11-17/h5-11,14-15H,4,12-13H2,1-3H3,(H,26,29)/t14-,15-/m1/s1. The third kappa shape index (κ3) is 6.79. The molecular formula is C22H25Cl3N2O3. The summed E-state index contributed by atoms with van der Waals surface area (Å²) in [7, 11) is 0. The molecule has 0 spiro atoms. The smallest absolute Gasteiger partial charge is 0.261 e. The van der Waals surface area contributed by atoms with Crippen molar-refractivity contribution >= 4 is 46.6 Å². The number of nitrogens with one attached hydrogen (secondary N) is 1. The summed E-state index contributed by atoms with van der Waals surface area (Å²) in [4.78, 5) is 27.1. The summed E-state index contributed by atoms with van der Waals surface area (Å²) >= 11 is 18.5. The monoisotopic (exact) mass is 470 g/mol. The third-order valence-electron chi connectivity index (χ3n) is 4.73. The van der Waals surface area contributed by atoms with Crippen molar-refractivity contribution in [3.63, 3.8) is 0 Å². The molecular weight excluding hydrogens is 447 g/mol. The molecule has 0 aliphatic carbocycles. The van der Waals surface area contributed by atoms with Crippen molar-refractivity contribution in [2.24, 2.45) is 0 Å². The van der Waals surface area contributed by atoms with Crippen molar-refractivity contribution in [3.05, 3.63) is 63.1 Å². The number of carbonyl (C=O) groups is 2. The van der Waals surface area contributed by atoms with Crippen molar-refractivity contribution in [2.75, 3.05) is 6.61 Å². The van der Waals surface area contributed by atoms with Gasteiger partial charge in [-0.3, -0.25) is 9.59 Å². The number of hydrogen-bond donors (Lipinski definition) is 1. The van der Waals surface area contributed by atoms with E-state index < -0.39 is 6.04 Å². The van der Waals surface area contributed by atoms with E-state index in [0.717, 1.165) is 6.42 Å². The van der Waals surface area contributed by atoms with Crippen molar-refractivity contribution in [1.29, 1.82) is 0 Å². The minimum absolute atomic E-state index is 0.00822. The van der Waals surface area contributed by atoms with Gasteiger partial charge in [0.15, 0.2) is 6.61 Å². The van der Waals surface area contributed by atoms with E-state index in [1.54, 1.807) is 49.4 Å². The van der Waals surface area contributed by atoms with Gasteiger partial charge in [-0.25, -0.2) is 0 Å². The molecule has 162 valence electrons. The van der Waals surface area contributed by atoms with Crippen LogP contribution < -0.4 is 10.1 Å². The molecule has 2 aromatic rings. The van der Waals surface area contributed by atoms with Gasteiger partial charge in [0, 0.05) is 33.2 Å². The van der Waals surface area contributed by atoms with Crippen molar-refractivity contribution in [2.45, 2.75) is 45.8 Å². The highest BCUT2D eigenvalue weighted by Gasteiger charge is 2.28. The average molecular weight is 472 g/mol. The molecule has 8 heteroatoms. The normalized spacial score (nSPS) is 12.7. The van der Waals surface area contributed by atoms with Crippen LogP contribution in [0.3, 0.4) is 0 Å². The second kappa shape index (κ2) is 11.4. The van der Waals surface area contributed by atoms with Gasteiger partial charge in [0.25, 0.3) is 5.91 Å². The number of carbonyl (C=O) groups excluding carboxylic acids is 2. The SMILES string of the molecule is CC[C@@H](C)NC(=O)[C@@H](C)N(Cc1c(Cl)cccc1Cl)C(=O)COc1ccc(Cl)cc1. The predicted molar refractivity (Wildman–Crippen MR) is 121 cm³/mol. The van der Waals surface area contributed by atoms with Crippen LogP contribution in [0.1, 0.15) is 32.8 Å². The number of amides is 2. The molecule has 0 fully saturated rings. The number of rotatable bonds is 9. The Labute approximate surface area is 192 Å². The minimum Gasteiger partial charge on any atom is -0.484 e. The summed E-state index contributed by atoms with van der Waals surface area (Å²) in [5.41, 5.74) is 0.573. The van der Waals surface area contributed by atoms with Crippen molar-refractivity contribution in [1.82, 2.24) is 10.2 Å². The molecule has 30 heavy (non-hydrogen) atoms. The molecule has 0 saturated carbocycles. The van der Waals surface area contributed by atoms with Gasteiger partial charge in [-0.15, -0.1) is 0 Å². The summed E-state index contributed by atoms with van der Waals surface area (Å²) in [5.74, 6) is -0.125. The maximum atomic E-state index is 13.0. The Morgan fingerprint density at radius 1 is 1.03 bits per heavy atom. The van der Waals surface area contributed by atoms with E-state index in [2.05, 4.69) is 5.32 Å². The second-order valence-electron chi connectivity index (χ2n) is 6.96. The summed E-state index contributed by atoms with van der Waals surface area (Å²) in [5, 5.41) is 4.32. The summed E-state index contributed by atoms with van der Waals surface area (Å²) < 4.78 is 5.59. The maximum absolute atomic E-state index is 13.0. The molecule has 0 heterocycles. The zero-order chi connectivity index (χ0) is 22.3. The Morgan fingerprint density at radius 3 is 2.20 bits per heavy atom. The molecule has 2 atom stereocenters. The van der Waals surface area contributed by atoms with Crippen LogP contribution in [0.15, 0.2) is 42.5 Å². The highest BCUT2D eigenvalue weighted by atomic mass is 35.5. The first-order valence-corrected chi connectivity index (χ1v) is 10.8. The van der Waals surface area contributed by atoms with Gasteiger partial charge in [-0.05, 0) is 56.7 Å². The van der Waals surface area contributed by atoms with E-state index in [1.165, 1.54) is 4.90 Å². The molecule has 0 aromatic heterocycles. The first kappa shape index (κ1) is 24.3. The number of nitrogens with zero attached hydrogens (tertiary/aromatic N) is 1. The molecule has 0 saturated heterocycles. The van der Waals surface area contributed by atoms with Gasteiger partial charge in [-0.1, -0.05) is 47.8 Å². The Kier molecular flexibility index (Phi) is 9.28. The number of hydrogen-bond acceptors (Lipinski definition) is 3. The highest BCUT2D eigenvalue weighted by Crippen LogP contribution is 2.26. The molecule has 5 nitrogen and oxygen atoms in total. The van der Waals surface area contributed by atoms with Gasteiger partial charge < -0.3 is 15.0 Å². The lowest BCUT2D eigenvalue weighted by Crippen LogP contribution is -2.50. The Morgan fingerprint density at radius 2 is 1.63 bits per heavy atom. The van der Waals surface area contributed by atoms with Gasteiger partial charge in [0.05, 0.1) is 0 Å². The second-order valence-corrected chi connectivity index (χ2v) is 8.21. The van der Waals surface area contributed by atoms with Crippen molar-refractivity contribution in [3.8, 4) is 5.75 Å². The molecule has 1 N–H and O–H groups in total. The van der Waals surface area contributed by atoms with Crippen LogP contribution in [-0.2, 0) is 16.1 Å². The van der Waals surface area contributed by atoms with Crippen LogP contribution in [0.4, 0.5) is 0 Å². The fraction of sp³-hybridized carbons (Fsp3) is 0.364. The molecule has 0 unspecified atom stereocenters. The number of halogens is 3. The zero-order valence-corrected chi connectivity index (χ0v) is 19.4. The number of benzene rings is 2. The molecule has 0 aliphatic heterocycles. The Bertz CT molecular complexity index is 854. The summed E-state index contributed by atoms with van der Waals surface area (Å²) in [6, 6.07) is 11.0. The van der Waals surface area contributed by atoms with Crippen LogP contribution in [0, 0.1) is 0 Å². The van der Waals surface area contributed by atoms with Crippen LogP contribution in [0.2, 0.25) is 15.1 Å². The van der Waals surface area contributed by atoms with E-state index in [9.17, 15) is 9.59 Å². The average Bonchev–Trinajstić information content (AvgIpc) is 2.72. The lowest BCUT2D eigenvalue weighted by Gasteiger charge is -2.30. The van der Waals surface area contributed by atoms with E-state index in [-0.39, 0.29) is 31.0 Å². The summed E-state index contributed by atoms with van der Waals surface area (Å²) in [6.45, 7) is 5.39. The van der Waals surface area contributed by atoms with Crippen molar-refractivity contribution < 1.29 is 14.3 Å². The van der Waals surface area contributed by atoms with Crippen LogP contribution in [-0.4, -0.2) is 35.4 Å². The molecule has 0 aliphatic rings. The van der Waals surface area contributed by atoms with Gasteiger partial charge >= 0.3 is 0 Å². The quantitative estimate of drug-likeness (QED) is 0.536. The molecule has 2 rings (SSSR count). The predicted octanol–water partition coefficient (Wildman–Crippen LogP) is 5.36. The lowest BCUT2D eigenvalue weighted by molar-refractivity contribution is -0.142. The largest absolute Gasteiger partial charge is 0.484 e. The van der Waals surface area contributed by atoms with E-state index in [0.29, 0.717) is 26.4 Å². The first-order valence-electron chi connectivity index (χ1n) is 9.64. The van der Waals surface area contributed by atoms with Gasteiger partial charge in [0.2, 0.25) is 5.91 Å². The fourth-order valence-corrected chi connectivity index (χ4v) is 3.30. The summed E-state index contributed by atoms with van der Waals surface area (Å²) in [6.07, 6.45) is 0.780. The maximum Gasteiger partial charge on any atom is 0.261 e. The molecule has 0 bridgehead atoms. The van der Waals surface area contributed by atoms with Crippen LogP contribution in [0.25, 0.3) is 0 Å². The van der Waals surface area contributed by atoms with Crippen LogP contribution in [0.5, 0.6) is 5.75 Å². The highest BCUT2D eigenvalue weighted by molar-refractivity contribution is 6.36.